The highest BCUT2D eigenvalue weighted by Crippen LogP contribution is 2.05. The fraction of sp³-hybridized carbons (Fsp3) is 0.750. The summed E-state index contributed by atoms with van der Waals surface area (Å²) in [5, 5.41) is 8.01. The monoisotopic (exact) mass is 241 g/mol. The van der Waals surface area contributed by atoms with Crippen molar-refractivity contribution in [1.82, 2.24) is 15.1 Å². The van der Waals surface area contributed by atoms with E-state index in [0.717, 1.165) is 26.1 Å². The highest BCUT2D eigenvalue weighted by Gasteiger charge is 2.04. The molecule has 1 aromatic heterocycles. The molecule has 0 bridgehead atoms. The summed E-state index contributed by atoms with van der Waals surface area (Å²) < 4.78 is 2.10. The first-order valence-electron chi connectivity index (χ1n) is 6.07. The molecule has 0 fully saturated rings. The number of thioether (sulfide) groups is 1. The maximum Gasteiger partial charge on any atom is 0.0625 e. The van der Waals surface area contributed by atoms with E-state index in [1.165, 1.54) is 23.6 Å². The third-order valence-corrected chi connectivity index (χ3v) is 3.28. The van der Waals surface area contributed by atoms with E-state index in [9.17, 15) is 0 Å². The Hall–Kier alpha value is -0.480. The molecular formula is C12H23N3S. The zero-order valence-electron chi connectivity index (χ0n) is 10.6. The van der Waals surface area contributed by atoms with Crippen LogP contribution in [0.3, 0.4) is 0 Å². The summed E-state index contributed by atoms with van der Waals surface area (Å²) in [7, 11) is 0. The van der Waals surface area contributed by atoms with E-state index in [-0.39, 0.29) is 0 Å². The van der Waals surface area contributed by atoms with Crippen molar-refractivity contribution in [1.29, 1.82) is 0 Å². The number of aromatic nitrogens is 2. The molecule has 0 atom stereocenters. The van der Waals surface area contributed by atoms with E-state index < -0.39 is 0 Å². The Bertz CT molecular complexity index is 296. The van der Waals surface area contributed by atoms with Gasteiger partial charge in [0.2, 0.25) is 0 Å². The van der Waals surface area contributed by atoms with Gasteiger partial charge in [0.1, 0.15) is 0 Å². The van der Waals surface area contributed by atoms with Gasteiger partial charge in [-0.3, -0.25) is 4.68 Å². The van der Waals surface area contributed by atoms with Crippen molar-refractivity contribution in [2.24, 2.45) is 0 Å². The number of nitrogens with zero attached hydrogens (tertiary/aromatic N) is 2. The van der Waals surface area contributed by atoms with Crippen LogP contribution in [0, 0.1) is 0 Å². The number of rotatable bonds is 8. The van der Waals surface area contributed by atoms with Crippen LogP contribution in [-0.4, -0.2) is 28.3 Å². The second-order valence-corrected chi connectivity index (χ2v) is 4.81. The number of aryl methyl sites for hydroxylation is 2. The van der Waals surface area contributed by atoms with Crippen LogP contribution in [-0.2, 0) is 19.5 Å². The predicted octanol–water partition coefficient (Wildman–Crippen LogP) is 2.31. The smallest absolute Gasteiger partial charge is 0.0625 e. The van der Waals surface area contributed by atoms with Gasteiger partial charge in [-0.05, 0) is 44.4 Å². The summed E-state index contributed by atoms with van der Waals surface area (Å²) in [5.41, 5.74) is 2.51. The van der Waals surface area contributed by atoms with Crippen molar-refractivity contribution in [3.8, 4) is 0 Å². The fourth-order valence-corrected chi connectivity index (χ4v) is 2.09. The fourth-order valence-electron chi connectivity index (χ4n) is 1.66. The summed E-state index contributed by atoms with van der Waals surface area (Å²) in [6.07, 6.45) is 4.41. The summed E-state index contributed by atoms with van der Waals surface area (Å²) >= 11 is 1.91. The molecule has 0 aromatic carbocycles. The molecule has 0 saturated carbocycles. The Morgan fingerprint density at radius 2 is 2.25 bits per heavy atom. The van der Waals surface area contributed by atoms with E-state index in [2.05, 4.69) is 41.3 Å². The normalized spacial score (nSPS) is 10.9. The minimum atomic E-state index is 0.940. The average Bonchev–Trinajstić information content (AvgIpc) is 2.71. The Balaban J connectivity index is 2.37. The van der Waals surface area contributed by atoms with Gasteiger partial charge in [0, 0.05) is 13.1 Å². The topological polar surface area (TPSA) is 29.9 Å². The molecule has 1 N–H and O–H groups in total. The van der Waals surface area contributed by atoms with Gasteiger partial charge < -0.3 is 5.32 Å². The van der Waals surface area contributed by atoms with Crippen LogP contribution in [0.25, 0.3) is 0 Å². The minimum Gasteiger partial charge on any atom is -0.311 e. The van der Waals surface area contributed by atoms with Crippen LogP contribution < -0.4 is 5.32 Å². The molecule has 0 amide bonds. The molecule has 0 spiro atoms. The molecular weight excluding hydrogens is 218 g/mol. The van der Waals surface area contributed by atoms with E-state index in [0.29, 0.717) is 0 Å². The van der Waals surface area contributed by atoms with Crippen LogP contribution in [0.1, 0.15) is 31.7 Å². The molecule has 4 heteroatoms. The lowest BCUT2D eigenvalue weighted by molar-refractivity contribution is 0.576. The van der Waals surface area contributed by atoms with E-state index >= 15 is 0 Å². The van der Waals surface area contributed by atoms with Crippen molar-refractivity contribution in [3.63, 3.8) is 0 Å². The lowest BCUT2D eigenvalue weighted by atomic mass is 10.3. The average molecular weight is 241 g/mol. The third kappa shape index (κ3) is 4.18. The first kappa shape index (κ1) is 13.6. The second-order valence-electron chi connectivity index (χ2n) is 3.82. The third-order valence-electron chi connectivity index (χ3n) is 2.58. The van der Waals surface area contributed by atoms with Crippen LogP contribution >= 0.6 is 11.8 Å². The van der Waals surface area contributed by atoms with Crippen molar-refractivity contribution >= 4 is 11.8 Å². The van der Waals surface area contributed by atoms with Gasteiger partial charge in [-0.25, -0.2) is 0 Å². The Morgan fingerprint density at radius 3 is 2.88 bits per heavy atom. The van der Waals surface area contributed by atoms with Crippen LogP contribution in [0.15, 0.2) is 6.07 Å². The van der Waals surface area contributed by atoms with Crippen molar-refractivity contribution in [2.75, 3.05) is 18.6 Å². The van der Waals surface area contributed by atoms with Gasteiger partial charge in [-0.2, -0.15) is 16.9 Å². The van der Waals surface area contributed by atoms with Crippen molar-refractivity contribution in [2.45, 2.75) is 39.8 Å². The standard InChI is InChI=1S/C12H23N3S/c1-4-11-9-12(15(5-2)14-11)10-13-7-6-8-16-3/h9,13H,4-8,10H2,1-3H3. The SMILES string of the molecule is CCc1cc(CNCCCSC)n(CC)n1. The molecule has 0 aliphatic carbocycles. The van der Waals surface area contributed by atoms with Gasteiger partial charge in [0.05, 0.1) is 11.4 Å². The first-order valence-corrected chi connectivity index (χ1v) is 7.46. The van der Waals surface area contributed by atoms with Gasteiger partial charge in [-0.1, -0.05) is 6.92 Å². The Labute approximate surface area is 103 Å². The van der Waals surface area contributed by atoms with Crippen molar-refractivity contribution < 1.29 is 0 Å². The van der Waals surface area contributed by atoms with Crippen LogP contribution in [0.5, 0.6) is 0 Å². The first-order chi connectivity index (χ1) is 7.81. The van der Waals surface area contributed by atoms with Crippen LogP contribution in [0.4, 0.5) is 0 Å². The molecule has 0 aliphatic rings. The largest absolute Gasteiger partial charge is 0.311 e. The molecule has 1 heterocycles. The highest BCUT2D eigenvalue weighted by molar-refractivity contribution is 7.98. The Morgan fingerprint density at radius 1 is 1.44 bits per heavy atom. The summed E-state index contributed by atoms with van der Waals surface area (Å²) in [4.78, 5) is 0. The molecule has 16 heavy (non-hydrogen) atoms. The van der Waals surface area contributed by atoms with Crippen molar-refractivity contribution in [3.05, 3.63) is 17.5 Å². The highest BCUT2D eigenvalue weighted by atomic mass is 32.2. The zero-order chi connectivity index (χ0) is 11.8. The zero-order valence-corrected chi connectivity index (χ0v) is 11.4. The van der Waals surface area contributed by atoms with Gasteiger partial charge in [-0.15, -0.1) is 0 Å². The molecule has 0 saturated heterocycles. The van der Waals surface area contributed by atoms with Crippen LogP contribution in [0.2, 0.25) is 0 Å². The Kier molecular flexibility index (Phi) is 6.57. The summed E-state index contributed by atoms with van der Waals surface area (Å²) in [6.45, 7) is 7.29. The molecule has 1 aromatic rings. The minimum absolute atomic E-state index is 0.940. The molecule has 92 valence electrons. The lowest BCUT2D eigenvalue weighted by Crippen LogP contribution is -2.18. The molecule has 0 radical (unpaired) electrons. The van der Waals surface area contributed by atoms with Gasteiger partial charge >= 0.3 is 0 Å². The van der Waals surface area contributed by atoms with E-state index in [1.54, 1.807) is 0 Å². The maximum atomic E-state index is 4.53. The predicted molar refractivity (Wildman–Crippen MR) is 72.0 cm³/mol. The molecule has 0 aliphatic heterocycles. The van der Waals surface area contributed by atoms with Gasteiger partial charge in [0.15, 0.2) is 0 Å². The molecule has 3 nitrogen and oxygen atoms in total. The lowest BCUT2D eigenvalue weighted by Gasteiger charge is -2.06. The quantitative estimate of drug-likeness (QED) is 0.708. The number of hydrogen-bond donors (Lipinski definition) is 1. The molecule has 1 rings (SSSR count). The summed E-state index contributed by atoms with van der Waals surface area (Å²) in [6, 6.07) is 2.21. The summed E-state index contributed by atoms with van der Waals surface area (Å²) in [5.74, 6) is 1.24. The maximum absolute atomic E-state index is 4.53. The number of nitrogens with one attached hydrogen (secondary N) is 1. The molecule has 0 unspecified atom stereocenters. The van der Waals surface area contributed by atoms with E-state index in [1.807, 2.05) is 11.8 Å². The van der Waals surface area contributed by atoms with E-state index in [4.69, 9.17) is 0 Å². The number of hydrogen-bond acceptors (Lipinski definition) is 3. The van der Waals surface area contributed by atoms with Gasteiger partial charge in [0.25, 0.3) is 0 Å². The second kappa shape index (κ2) is 7.74.